The van der Waals surface area contributed by atoms with Gasteiger partial charge in [-0.25, -0.2) is 9.78 Å². The van der Waals surface area contributed by atoms with Crippen LogP contribution in [0, 0.1) is 0 Å². The number of hydrogen-bond donors (Lipinski definition) is 2. The Kier molecular flexibility index (Phi) is 3.21. The Morgan fingerprint density at radius 2 is 1.96 bits per heavy atom. The molecule has 3 amide bonds. The zero-order valence-corrected chi connectivity index (χ0v) is 13.8. The van der Waals surface area contributed by atoms with Gasteiger partial charge >= 0.3 is 6.03 Å². The van der Waals surface area contributed by atoms with Gasteiger partial charge in [-0.1, -0.05) is 0 Å². The second-order valence-corrected chi connectivity index (χ2v) is 7.00. The lowest BCUT2D eigenvalue weighted by molar-refractivity contribution is -0.120. The van der Waals surface area contributed by atoms with E-state index in [1.54, 1.807) is 11.1 Å². The van der Waals surface area contributed by atoms with E-state index in [9.17, 15) is 9.59 Å². The van der Waals surface area contributed by atoms with Gasteiger partial charge in [0.25, 0.3) is 0 Å². The molecule has 0 saturated carbocycles. The van der Waals surface area contributed by atoms with Gasteiger partial charge in [0.2, 0.25) is 5.91 Å². The van der Waals surface area contributed by atoms with Crippen molar-refractivity contribution in [3.05, 3.63) is 24.5 Å². The minimum absolute atomic E-state index is 0.230. The highest BCUT2D eigenvalue weighted by molar-refractivity contribution is 6.05. The Morgan fingerprint density at radius 1 is 1.16 bits per heavy atom. The molecule has 5 rings (SSSR count). The molecule has 8 nitrogen and oxygen atoms in total. The van der Waals surface area contributed by atoms with Crippen LogP contribution in [0.1, 0.15) is 19.3 Å². The average molecular weight is 340 g/mol. The summed E-state index contributed by atoms with van der Waals surface area (Å²) in [6, 6.07) is 4.80. The molecule has 2 unspecified atom stereocenters. The number of carbonyl (C=O) groups is 2. The molecule has 0 radical (unpaired) electrons. The summed E-state index contributed by atoms with van der Waals surface area (Å²) in [6.45, 7) is 2.34. The van der Waals surface area contributed by atoms with E-state index < -0.39 is 0 Å². The van der Waals surface area contributed by atoms with Crippen molar-refractivity contribution in [3.63, 3.8) is 0 Å². The third kappa shape index (κ3) is 2.36. The van der Waals surface area contributed by atoms with E-state index in [0.29, 0.717) is 30.9 Å². The van der Waals surface area contributed by atoms with Gasteiger partial charge in [-0.3, -0.25) is 19.4 Å². The summed E-state index contributed by atoms with van der Waals surface area (Å²) >= 11 is 0. The number of carbonyl (C=O) groups excluding carboxylic acids is 2. The Hall–Kier alpha value is -2.61. The van der Waals surface area contributed by atoms with E-state index in [1.165, 1.54) is 12.8 Å². The Balaban J connectivity index is 1.52. The first kappa shape index (κ1) is 14.7. The number of amides is 3. The fraction of sp³-hybridized carbons (Fsp3) is 0.471. The first-order valence-corrected chi connectivity index (χ1v) is 8.77. The molecule has 0 spiro atoms. The number of imide groups is 1. The Labute approximate surface area is 144 Å². The van der Waals surface area contributed by atoms with Crippen molar-refractivity contribution in [2.45, 2.75) is 31.3 Å². The van der Waals surface area contributed by atoms with E-state index in [0.717, 1.165) is 24.4 Å². The van der Waals surface area contributed by atoms with Crippen LogP contribution >= 0.6 is 0 Å². The van der Waals surface area contributed by atoms with Gasteiger partial charge in [0.1, 0.15) is 5.82 Å². The predicted octanol–water partition coefficient (Wildman–Crippen LogP) is 0.721. The molecule has 8 heteroatoms. The van der Waals surface area contributed by atoms with Crippen molar-refractivity contribution >= 4 is 29.1 Å². The minimum atomic E-state index is -0.385. The number of nitrogens with zero attached hydrogens (tertiary/aromatic N) is 4. The van der Waals surface area contributed by atoms with Gasteiger partial charge in [0.05, 0.1) is 11.9 Å². The van der Waals surface area contributed by atoms with Gasteiger partial charge in [0, 0.05) is 44.3 Å². The fourth-order valence-electron chi connectivity index (χ4n) is 4.21. The maximum absolute atomic E-state index is 12.2. The van der Waals surface area contributed by atoms with Crippen LogP contribution in [0.2, 0.25) is 0 Å². The number of urea groups is 1. The molecule has 0 aliphatic carbocycles. The third-order valence-corrected chi connectivity index (χ3v) is 5.38. The van der Waals surface area contributed by atoms with Gasteiger partial charge in [-0.2, -0.15) is 0 Å². The number of aromatic nitrogens is 2. The molecule has 2 bridgehead atoms. The highest BCUT2D eigenvalue weighted by atomic mass is 16.2. The van der Waals surface area contributed by atoms with E-state index >= 15 is 0 Å². The third-order valence-electron chi connectivity index (χ3n) is 5.38. The minimum Gasteiger partial charge on any atom is -0.365 e. The lowest BCUT2D eigenvalue weighted by atomic mass is 10.2. The molecule has 0 aromatic carbocycles. The lowest BCUT2D eigenvalue weighted by Crippen LogP contribution is -2.51. The number of rotatable bonds is 2. The van der Waals surface area contributed by atoms with Gasteiger partial charge in [-0.05, 0) is 25.0 Å². The van der Waals surface area contributed by atoms with Gasteiger partial charge in [0.15, 0.2) is 5.65 Å². The van der Waals surface area contributed by atoms with Crippen LogP contribution in [0.25, 0.3) is 5.65 Å². The maximum Gasteiger partial charge on any atom is 0.329 e. The highest BCUT2D eigenvalue weighted by Crippen LogP contribution is 2.30. The number of nitrogens with one attached hydrogen (secondary N) is 2. The quantitative estimate of drug-likeness (QED) is 0.842. The fourth-order valence-corrected chi connectivity index (χ4v) is 4.21. The van der Waals surface area contributed by atoms with Crippen molar-refractivity contribution in [2.24, 2.45) is 0 Å². The smallest absolute Gasteiger partial charge is 0.329 e. The molecule has 2 aromatic rings. The summed E-state index contributed by atoms with van der Waals surface area (Å²) in [7, 11) is 0. The molecular weight excluding hydrogens is 320 g/mol. The van der Waals surface area contributed by atoms with Crippen LogP contribution in [-0.4, -0.2) is 53.0 Å². The van der Waals surface area contributed by atoms with Gasteiger partial charge in [-0.15, -0.1) is 0 Å². The summed E-state index contributed by atoms with van der Waals surface area (Å²) in [5.74, 6) is 0.465. The molecule has 2 N–H and O–H groups in total. The van der Waals surface area contributed by atoms with Crippen molar-refractivity contribution in [1.29, 1.82) is 0 Å². The molecule has 5 heterocycles. The summed E-state index contributed by atoms with van der Waals surface area (Å²) in [6.07, 6.45) is 6.39. The SMILES string of the molecule is O=C1CCN(c2cnc3c(N4CC5CCC(C4)N5)cccn23)C(=O)N1. The van der Waals surface area contributed by atoms with Crippen LogP contribution in [0.5, 0.6) is 0 Å². The summed E-state index contributed by atoms with van der Waals surface area (Å²) in [5, 5.41) is 6.01. The number of imidazole rings is 1. The molecule has 2 atom stereocenters. The van der Waals surface area contributed by atoms with Crippen LogP contribution in [0.3, 0.4) is 0 Å². The monoisotopic (exact) mass is 340 g/mol. The molecule has 2 aromatic heterocycles. The van der Waals surface area contributed by atoms with Crippen molar-refractivity contribution in [3.8, 4) is 0 Å². The van der Waals surface area contributed by atoms with Crippen LogP contribution < -0.4 is 20.4 Å². The molecule has 3 aliphatic rings. The summed E-state index contributed by atoms with van der Waals surface area (Å²) in [5.41, 5.74) is 1.95. The van der Waals surface area contributed by atoms with Crippen molar-refractivity contribution in [2.75, 3.05) is 29.4 Å². The topological polar surface area (TPSA) is 82.0 Å². The second-order valence-electron chi connectivity index (χ2n) is 7.00. The average Bonchev–Trinajstić information content (AvgIpc) is 3.18. The van der Waals surface area contributed by atoms with E-state index in [1.807, 2.05) is 16.7 Å². The zero-order valence-electron chi connectivity index (χ0n) is 13.8. The largest absolute Gasteiger partial charge is 0.365 e. The van der Waals surface area contributed by atoms with E-state index in [4.69, 9.17) is 0 Å². The predicted molar refractivity (Wildman–Crippen MR) is 92.9 cm³/mol. The standard InChI is InChI=1S/C17H20N6O2/c24-14-5-7-23(17(25)20-14)15-8-18-16-13(2-1-6-22(15)16)21-9-11-3-4-12(10-21)19-11/h1-2,6,8,11-12,19H,3-5,7,9-10H2,(H,20,24,25). The van der Waals surface area contributed by atoms with Crippen molar-refractivity contribution < 1.29 is 9.59 Å². The lowest BCUT2D eigenvalue weighted by Gasteiger charge is -2.34. The van der Waals surface area contributed by atoms with Crippen LogP contribution in [-0.2, 0) is 4.79 Å². The molecule has 25 heavy (non-hydrogen) atoms. The molecule has 3 fully saturated rings. The molecular formula is C17H20N6O2. The highest BCUT2D eigenvalue weighted by Gasteiger charge is 2.33. The van der Waals surface area contributed by atoms with E-state index in [-0.39, 0.29) is 11.9 Å². The van der Waals surface area contributed by atoms with Crippen molar-refractivity contribution in [1.82, 2.24) is 20.0 Å². The second kappa shape index (κ2) is 5.45. The summed E-state index contributed by atoms with van der Waals surface area (Å²) in [4.78, 5) is 32.1. The normalized spacial score (nSPS) is 26.4. The first-order chi connectivity index (χ1) is 12.2. The summed E-state index contributed by atoms with van der Waals surface area (Å²) < 4.78 is 1.94. The molecule has 130 valence electrons. The van der Waals surface area contributed by atoms with Crippen LogP contribution in [0.4, 0.5) is 16.3 Å². The Bertz CT molecular complexity index is 850. The van der Waals surface area contributed by atoms with Crippen LogP contribution in [0.15, 0.2) is 24.5 Å². The zero-order chi connectivity index (χ0) is 17.0. The molecule has 3 saturated heterocycles. The van der Waals surface area contributed by atoms with E-state index in [2.05, 4.69) is 26.6 Å². The maximum atomic E-state index is 12.2. The number of fused-ring (bicyclic) bond motifs is 3. The molecule has 3 aliphatic heterocycles. The first-order valence-electron chi connectivity index (χ1n) is 8.77. The van der Waals surface area contributed by atoms with Gasteiger partial charge < -0.3 is 10.2 Å². The number of anilines is 2. The Morgan fingerprint density at radius 3 is 2.72 bits per heavy atom. The number of piperazine rings is 1. The number of pyridine rings is 1. The number of hydrogen-bond acceptors (Lipinski definition) is 5.